The van der Waals surface area contributed by atoms with E-state index in [0.29, 0.717) is 0 Å². The van der Waals surface area contributed by atoms with Gasteiger partial charge in [0.15, 0.2) is 0 Å². The van der Waals surface area contributed by atoms with Crippen molar-refractivity contribution in [3.63, 3.8) is 0 Å². The molecule has 1 atom stereocenters. The van der Waals surface area contributed by atoms with Crippen molar-refractivity contribution in [2.45, 2.75) is 60.3 Å². The molecule has 0 fully saturated rings. The van der Waals surface area contributed by atoms with Gasteiger partial charge >= 0.3 is 0 Å². The highest BCUT2D eigenvalue weighted by atomic mass is 32.2. The van der Waals surface area contributed by atoms with Crippen LogP contribution in [0, 0.1) is 6.92 Å². The average Bonchev–Trinajstić information content (AvgIpc) is 2.48. The molecule has 0 heterocycles. The van der Waals surface area contributed by atoms with E-state index >= 15 is 0 Å². The highest BCUT2D eigenvalue weighted by molar-refractivity contribution is 7.89. The molecule has 0 aliphatic heterocycles. The van der Waals surface area contributed by atoms with Crippen molar-refractivity contribution >= 4 is 10.8 Å². The van der Waals surface area contributed by atoms with Gasteiger partial charge in [0.2, 0.25) is 0 Å². The molecular formula is C18H30OS. The Kier molecular flexibility index (Phi) is 13.6. The van der Waals surface area contributed by atoms with Gasteiger partial charge in [-0.2, -0.15) is 0 Å². The molecule has 0 N–H and O–H groups in total. The van der Waals surface area contributed by atoms with Crippen LogP contribution in [0.1, 0.15) is 54.0 Å². The molecule has 1 rings (SSSR count). The first-order chi connectivity index (χ1) is 9.54. The van der Waals surface area contributed by atoms with Crippen LogP contribution < -0.4 is 0 Å². The number of benzene rings is 1. The molecule has 20 heavy (non-hydrogen) atoms. The Morgan fingerprint density at radius 3 is 2.05 bits per heavy atom. The molecule has 1 aromatic rings. The number of allylic oxidation sites excluding steroid dienone is 3. The summed E-state index contributed by atoms with van der Waals surface area (Å²) in [6.07, 6.45) is 3.88. The molecule has 114 valence electrons. The zero-order valence-electron chi connectivity index (χ0n) is 14.3. The van der Waals surface area contributed by atoms with Crippen LogP contribution in [0.5, 0.6) is 0 Å². The topological polar surface area (TPSA) is 17.1 Å². The van der Waals surface area contributed by atoms with Gasteiger partial charge in [0, 0.05) is 9.80 Å². The molecular weight excluding hydrogens is 264 g/mol. The fraction of sp³-hybridized carbons (Fsp3) is 0.444. The van der Waals surface area contributed by atoms with E-state index in [1.807, 2.05) is 91.8 Å². The van der Waals surface area contributed by atoms with E-state index in [9.17, 15) is 4.21 Å². The van der Waals surface area contributed by atoms with E-state index < -0.39 is 10.8 Å². The van der Waals surface area contributed by atoms with Crippen molar-refractivity contribution in [2.24, 2.45) is 0 Å². The largest absolute Gasteiger partial charge is 0.249 e. The molecule has 0 amide bonds. The summed E-state index contributed by atoms with van der Waals surface area (Å²) in [6.45, 7) is 16.0. The molecule has 1 aromatic carbocycles. The van der Waals surface area contributed by atoms with E-state index in [2.05, 4.69) is 0 Å². The number of aryl methyl sites for hydroxylation is 1. The second-order valence-electron chi connectivity index (χ2n) is 4.00. The second-order valence-corrected chi connectivity index (χ2v) is 5.48. The van der Waals surface area contributed by atoms with Gasteiger partial charge in [0.25, 0.3) is 0 Å². The van der Waals surface area contributed by atoms with Crippen LogP contribution in [-0.4, -0.2) is 4.21 Å². The fourth-order valence-electron chi connectivity index (χ4n) is 1.40. The van der Waals surface area contributed by atoms with Crippen molar-refractivity contribution in [3.8, 4) is 0 Å². The van der Waals surface area contributed by atoms with Gasteiger partial charge in [-0.15, -0.1) is 0 Å². The summed E-state index contributed by atoms with van der Waals surface area (Å²) in [5, 5.41) is 0. The van der Waals surface area contributed by atoms with E-state index in [-0.39, 0.29) is 0 Å². The third kappa shape index (κ3) is 8.11. The Labute approximate surface area is 128 Å². The maximum atomic E-state index is 12.3. The number of hydrogen-bond acceptors (Lipinski definition) is 1. The highest BCUT2D eigenvalue weighted by Crippen LogP contribution is 2.17. The molecule has 0 radical (unpaired) electrons. The molecule has 1 unspecified atom stereocenters. The summed E-state index contributed by atoms with van der Waals surface area (Å²) in [5.41, 5.74) is 2.30. The van der Waals surface area contributed by atoms with Crippen molar-refractivity contribution in [3.05, 3.63) is 52.5 Å². The van der Waals surface area contributed by atoms with E-state index in [1.165, 1.54) is 0 Å². The molecule has 0 saturated carbocycles. The summed E-state index contributed by atoms with van der Waals surface area (Å²) in [4.78, 5) is 1.73. The first kappa shape index (κ1) is 21.2. The van der Waals surface area contributed by atoms with Crippen LogP contribution >= 0.6 is 0 Å². The Bertz CT molecular complexity index is 452. The number of hydrogen-bond donors (Lipinski definition) is 0. The maximum absolute atomic E-state index is 12.3. The first-order valence-electron chi connectivity index (χ1n) is 7.34. The third-order valence-corrected chi connectivity index (χ3v) is 3.60. The monoisotopic (exact) mass is 294 g/mol. The van der Waals surface area contributed by atoms with Gasteiger partial charge in [0.05, 0.1) is 10.8 Å². The van der Waals surface area contributed by atoms with Crippen molar-refractivity contribution in [1.82, 2.24) is 0 Å². The average molecular weight is 295 g/mol. The van der Waals surface area contributed by atoms with Gasteiger partial charge in [0.1, 0.15) is 0 Å². The minimum atomic E-state index is -1.07. The lowest BCUT2D eigenvalue weighted by atomic mass is 10.2. The molecule has 0 saturated heterocycles. The molecule has 0 aromatic heterocycles. The standard InChI is InChI=1S/C14H18OS.2C2H6/c1-5-13(9-11(2)3)16(15)14-8-6-7-12(4)10-14;2*1-2/h5-10H,1-4H3;2*1-2H3/b13-5+;;. The summed E-state index contributed by atoms with van der Waals surface area (Å²) in [6, 6.07) is 7.83. The van der Waals surface area contributed by atoms with Crippen LogP contribution in [0.2, 0.25) is 0 Å². The van der Waals surface area contributed by atoms with Crippen LogP contribution in [0.25, 0.3) is 0 Å². The predicted octanol–water partition coefficient (Wildman–Crippen LogP) is 6.03. The summed E-state index contributed by atoms with van der Waals surface area (Å²) in [5.74, 6) is 0. The van der Waals surface area contributed by atoms with Crippen LogP contribution in [0.15, 0.2) is 51.8 Å². The predicted molar refractivity (Wildman–Crippen MR) is 93.5 cm³/mol. The second kappa shape index (κ2) is 12.9. The van der Waals surface area contributed by atoms with Crippen molar-refractivity contribution < 1.29 is 4.21 Å². The van der Waals surface area contributed by atoms with Gasteiger partial charge in [-0.25, -0.2) is 4.21 Å². The smallest absolute Gasteiger partial charge is 0.0846 e. The Morgan fingerprint density at radius 1 is 1.10 bits per heavy atom. The van der Waals surface area contributed by atoms with Gasteiger partial charge < -0.3 is 0 Å². The zero-order chi connectivity index (χ0) is 16.1. The lowest BCUT2D eigenvalue weighted by molar-refractivity contribution is 0.687. The summed E-state index contributed by atoms with van der Waals surface area (Å²) < 4.78 is 12.3. The Hall–Kier alpha value is -1.15. The summed E-state index contributed by atoms with van der Waals surface area (Å²) >= 11 is 0. The summed E-state index contributed by atoms with van der Waals surface area (Å²) in [7, 11) is -1.07. The molecule has 0 aliphatic carbocycles. The highest BCUT2D eigenvalue weighted by Gasteiger charge is 2.07. The van der Waals surface area contributed by atoms with Gasteiger partial charge in [-0.3, -0.25) is 0 Å². The lowest BCUT2D eigenvalue weighted by Crippen LogP contribution is -1.94. The quantitative estimate of drug-likeness (QED) is 0.622. The molecule has 2 heteroatoms. The zero-order valence-corrected chi connectivity index (χ0v) is 15.1. The van der Waals surface area contributed by atoms with E-state index in [1.54, 1.807) is 0 Å². The Morgan fingerprint density at radius 2 is 1.65 bits per heavy atom. The van der Waals surface area contributed by atoms with Crippen LogP contribution in [-0.2, 0) is 10.8 Å². The lowest BCUT2D eigenvalue weighted by Gasteiger charge is -2.04. The van der Waals surface area contributed by atoms with Gasteiger partial charge in [-0.05, 0) is 51.5 Å². The normalized spacial score (nSPS) is 11.3. The Balaban J connectivity index is 0. The third-order valence-electron chi connectivity index (χ3n) is 2.13. The fourth-order valence-corrected chi connectivity index (χ4v) is 2.72. The van der Waals surface area contributed by atoms with Crippen molar-refractivity contribution in [1.29, 1.82) is 0 Å². The van der Waals surface area contributed by atoms with Crippen LogP contribution in [0.4, 0.5) is 0 Å². The minimum absolute atomic E-state index is 0.866. The molecule has 1 nitrogen and oxygen atoms in total. The molecule has 0 aliphatic rings. The SMILES string of the molecule is C/C=C(\C=C(C)C)S(=O)c1cccc(C)c1.CC.CC. The number of rotatable bonds is 3. The van der Waals surface area contributed by atoms with Gasteiger partial charge in [-0.1, -0.05) is 51.5 Å². The first-order valence-corrected chi connectivity index (χ1v) is 8.49. The molecule has 0 bridgehead atoms. The maximum Gasteiger partial charge on any atom is 0.0846 e. The molecule has 0 spiro atoms. The van der Waals surface area contributed by atoms with Crippen LogP contribution in [0.3, 0.4) is 0 Å². The van der Waals surface area contributed by atoms with Crippen molar-refractivity contribution in [2.75, 3.05) is 0 Å². The minimum Gasteiger partial charge on any atom is -0.249 e. The van der Waals surface area contributed by atoms with E-state index in [4.69, 9.17) is 0 Å². The van der Waals surface area contributed by atoms with E-state index in [0.717, 1.165) is 20.9 Å².